The van der Waals surface area contributed by atoms with Crippen LogP contribution in [-0.2, 0) is 4.79 Å². The molecule has 0 N–H and O–H groups in total. The summed E-state index contributed by atoms with van der Waals surface area (Å²) in [5, 5.41) is 4.85. The van der Waals surface area contributed by atoms with Crippen LogP contribution in [-0.4, -0.2) is 45.2 Å². The van der Waals surface area contributed by atoms with Crippen molar-refractivity contribution in [2.75, 3.05) is 14.2 Å². The van der Waals surface area contributed by atoms with E-state index in [1.807, 2.05) is 79.3 Å². The average Bonchev–Trinajstić information content (AvgIpc) is 3.39. The molecule has 0 aliphatic carbocycles. The number of thioether (sulfide) groups is 1. The third-order valence-corrected chi connectivity index (χ3v) is 6.89. The number of rotatable bonds is 7. The molecule has 1 aromatic heterocycles. The summed E-state index contributed by atoms with van der Waals surface area (Å²) in [5.74, 6) is 1.18. The van der Waals surface area contributed by atoms with Crippen LogP contribution in [0, 0.1) is 0 Å². The molecule has 0 bridgehead atoms. The third-order valence-electron chi connectivity index (χ3n) is 5.56. The van der Waals surface area contributed by atoms with Gasteiger partial charge in [0.05, 0.1) is 24.8 Å². The van der Waals surface area contributed by atoms with Crippen LogP contribution in [0.15, 0.2) is 59.6 Å². The van der Waals surface area contributed by atoms with Crippen molar-refractivity contribution in [3.05, 3.63) is 65.2 Å². The Balaban J connectivity index is 1.83. The first-order valence-electron chi connectivity index (χ1n) is 10.6. The highest BCUT2D eigenvalue weighted by Crippen LogP contribution is 2.38. The van der Waals surface area contributed by atoms with Gasteiger partial charge in [-0.05, 0) is 49.8 Å². The number of methoxy groups -OCH3 is 2. The molecule has 4 rings (SSSR count). The molecule has 1 saturated heterocycles. The Labute approximate surface area is 203 Å². The number of hydrogen-bond acceptors (Lipinski definition) is 6. The number of hydrogen-bond donors (Lipinski definition) is 0. The van der Waals surface area contributed by atoms with Gasteiger partial charge in [0.2, 0.25) is 0 Å². The highest BCUT2D eigenvalue weighted by molar-refractivity contribution is 8.26. The fourth-order valence-corrected chi connectivity index (χ4v) is 5.05. The topological polar surface area (TPSA) is 56.6 Å². The SMILES string of the molecule is CCC(C)N1C(=O)C(=Cc2cn(-c3ccccc3)nc2-c2ccc(OC)c(OC)c2)SC1=S. The van der Waals surface area contributed by atoms with E-state index in [9.17, 15) is 4.79 Å². The smallest absolute Gasteiger partial charge is 0.266 e. The molecule has 1 aliphatic rings. The van der Waals surface area contributed by atoms with Gasteiger partial charge in [-0.15, -0.1) is 0 Å². The molecule has 170 valence electrons. The van der Waals surface area contributed by atoms with E-state index in [-0.39, 0.29) is 11.9 Å². The molecule has 1 atom stereocenters. The molecule has 2 aromatic carbocycles. The second kappa shape index (κ2) is 9.80. The Morgan fingerprint density at radius 3 is 2.52 bits per heavy atom. The van der Waals surface area contributed by atoms with Gasteiger partial charge in [0.1, 0.15) is 10.0 Å². The molecule has 8 heteroatoms. The van der Waals surface area contributed by atoms with E-state index in [0.29, 0.717) is 20.7 Å². The summed E-state index contributed by atoms with van der Waals surface area (Å²) in [5.41, 5.74) is 3.32. The molecule has 1 fully saturated rings. The van der Waals surface area contributed by atoms with Crippen LogP contribution in [0.3, 0.4) is 0 Å². The first-order valence-corrected chi connectivity index (χ1v) is 11.8. The number of thiocarbonyl (C=S) groups is 1. The lowest BCUT2D eigenvalue weighted by molar-refractivity contribution is -0.123. The summed E-state index contributed by atoms with van der Waals surface area (Å²) in [6, 6.07) is 15.6. The Hall–Kier alpha value is -3.10. The minimum absolute atomic E-state index is 0.0563. The Kier molecular flexibility index (Phi) is 6.85. The van der Waals surface area contributed by atoms with Gasteiger partial charge in [-0.3, -0.25) is 9.69 Å². The van der Waals surface area contributed by atoms with E-state index in [0.717, 1.165) is 28.9 Å². The van der Waals surface area contributed by atoms with E-state index in [4.69, 9.17) is 26.8 Å². The molecule has 1 amide bonds. The predicted octanol–water partition coefficient (Wildman–Crippen LogP) is 5.56. The number of para-hydroxylation sites is 1. The van der Waals surface area contributed by atoms with Gasteiger partial charge in [0.15, 0.2) is 11.5 Å². The predicted molar refractivity (Wildman–Crippen MR) is 137 cm³/mol. The Morgan fingerprint density at radius 1 is 1.12 bits per heavy atom. The molecule has 1 unspecified atom stereocenters. The first kappa shape index (κ1) is 23.1. The zero-order valence-electron chi connectivity index (χ0n) is 18.9. The van der Waals surface area contributed by atoms with Crippen molar-refractivity contribution in [3.8, 4) is 28.4 Å². The lowest BCUT2D eigenvalue weighted by atomic mass is 10.1. The quantitative estimate of drug-likeness (QED) is 0.327. The van der Waals surface area contributed by atoms with E-state index >= 15 is 0 Å². The molecular weight excluding hydrogens is 454 g/mol. The number of amides is 1. The molecule has 0 saturated carbocycles. The average molecular weight is 480 g/mol. The molecular formula is C25H25N3O3S2. The number of benzene rings is 2. The third kappa shape index (κ3) is 4.54. The van der Waals surface area contributed by atoms with Crippen molar-refractivity contribution in [1.82, 2.24) is 14.7 Å². The summed E-state index contributed by atoms with van der Waals surface area (Å²) >= 11 is 6.83. The lowest BCUT2D eigenvalue weighted by Crippen LogP contribution is -2.36. The monoisotopic (exact) mass is 479 g/mol. The van der Waals surface area contributed by atoms with Crippen molar-refractivity contribution >= 4 is 40.3 Å². The van der Waals surface area contributed by atoms with Crippen molar-refractivity contribution in [1.29, 1.82) is 0 Å². The largest absolute Gasteiger partial charge is 0.493 e. The van der Waals surface area contributed by atoms with Gasteiger partial charge in [0, 0.05) is 23.4 Å². The normalized spacial score (nSPS) is 15.9. The second-order valence-corrected chi connectivity index (χ2v) is 9.27. The molecule has 3 aromatic rings. The van der Waals surface area contributed by atoms with Crippen LogP contribution < -0.4 is 9.47 Å². The maximum atomic E-state index is 13.1. The number of carbonyl (C=O) groups is 1. The van der Waals surface area contributed by atoms with Crippen molar-refractivity contribution in [2.24, 2.45) is 0 Å². The molecule has 2 heterocycles. The van der Waals surface area contributed by atoms with Crippen LogP contribution in [0.4, 0.5) is 0 Å². The van der Waals surface area contributed by atoms with E-state index in [1.54, 1.807) is 19.1 Å². The first-order chi connectivity index (χ1) is 16.0. The lowest BCUT2D eigenvalue weighted by Gasteiger charge is -2.21. The molecule has 0 radical (unpaired) electrons. The van der Waals surface area contributed by atoms with E-state index < -0.39 is 0 Å². The zero-order chi connectivity index (χ0) is 23.5. The Morgan fingerprint density at radius 2 is 1.85 bits per heavy atom. The number of carbonyl (C=O) groups excluding carboxylic acids is 1. The van der Waals surface area contributed by atoms with Crippen molar-refractivity contribution in [2.45, 2.75) is 26.3 Å². The maximum absolute atomic E-state index is 13.1. The minimum atomic E-state index is -0.0647. The maximum Gasteiger partial charge on any atom is 0.266 e. The molecule has 33 heavy (non-hydrogen) atoms. The van der Waals surface area contributed by atoms with Crippen molar-refractivity contribution in [3.63, 3.8) is 0 Å². The minimum Gasteiger partial charge on any atom is -0.493 e. The number of ether oxygens (including phenoxy) is 2. The van der Waals surface area contributed by atoms with E-state index in [1.165, 1.54) is 11.8 Å². The fourth-order valence-electron chi connectivity index (χ4n) is 3.60. The number of aromatic nitrogens is 2. The summed E-state index contributed by atoms with van der Waals surface area (Å²) in [6.07, 6.45) is 4.64. The summed E-state index contributed by atoms with van der Waals surface area (Å²) in [7, 11) is 3.21. The molecule has 6 nitrogen and oxygen atoms in total. The molecule has 0 spiro atoms. The highest BCUT2D eigenvalue weighted by Gasteiger charge is 2.35. The van der Waals surface area contributed by atoms with Crippen LogP contribution >= 0.6 is 24.0 Å². The van der Waals surface area contributed by atoms with E-state index in [2.05, 4.69) is 0 Å². The molecule has 1 aliphatic heterocycles. The second-order valence-electron chi connectivity index (χ2n) is 7.59. The van der Waals surface area contributed by atoms with Crippen LogP contribution in [0.2, 0.25) is 0 Å². The summed E-state index contributed by atoms with van der Waals surface area (Å²) in [4.78, 5) is 15.4. The van der Waals surface area contributed by atoms with Crippen LogP contribution in [0.25, 0.3) is 23.0 Å². The zero-order valence-corrected chi connectivity index (χ0v) is 20.6. The van der Waals surface area contributed by atoms with Gasteiger partial charge in [-0.25, -0.2) is 4.68 Å². The van der Waals surface area contributed by atoms with Crippen LogP contribution in [0.1, 0.15) is 25.8 Å². The van der Waals surface area contributed by atoms with Gasteiger partial charge in [-0.2, -0.15) is 5.10 Å². The van der Waals surface area contributed by atoms with Gasteiger partial charge >= 0.3 is 0 Å². The highest BCUT2D eigenvalue weighted by atomic mass is 32.2. The Bertz CT molecular complexity index is 1220. The van der Waals surface area contributed by atoms with Crippen LogP contribution in [0.5, 0.6) is 11.5 Å². The van der Waals surface area contributed by atoms with Gasteiger partial charge in [0.25, 0.3) is 5.91 Å². The summed E-state index contributed by atoms with van der Waals surface area (Å²) in [6.45, 7) is 4.06. The van der Waals surface area contributed by atoms with Gasteiger partial charge in [-0.1, -0.05) is 49.1 Å². The summed E-state index contributed by atoms with van der Waals surface area (Å²) < 4.78 is 13.3. The van der Waals surface area contributed by atoms with Gasteiger partial charge < -0.3 is 9.47 Å². The standard InChI is InChI=1S/C25H25N3O3S2/c1-5-16(2)28-24(29)22(33-25(28)32)14-18-15-27(19-9-7-6-8-10-19)26-23(18)17-11-12-20(30-3)21(13-17)31-4/h6-16H,5H2,1-4H3. The number of nitrogens with zero attached hydrogens (tertiary/aromatic N) is 3. The fraction of sp³-hybridized carbons (Fsp3) is 0.240. The van der Waals surface area contributed by atoms with Crippen molar-refractivity contribution < 1.29 is 14.3 Å².